The van der Waals surface area contributed by atoms with Crippen LogP contribution in [0.25, 0.3) is 11.1 Å². The highest BCUT2D eigenvalue weighted by atomic mass is 16.1. The maximum atomic E-state index is 11.5. The first kappa shape index (κ1) is 11.5. The van der Waals surface area contributed by atoms with E-state index in [1.165, 1.54) is 0 Å². The van der Waals surface area contributed by atoms with E-state index in [0.717, 1.165) is 22.4 Å². The monoisotopic (exact) mass is 225 g/mol. The molecule has 0 unspecified atom stereocenters. The molecule has 2 heteroatoms. The van der Waals surface area contributed by atoms with Crippen molar-refractivity contribution in [1.82, 2.24) is 4.98 Å². The molecule has 17 heavy (non-hydrogen) atoms. The van der Waals surface area contributed by atoms with Crippen LogP contribution in [0.1, 0.15) is 29.4 Å². The summed E-state index contributed by atoms with van der Waals surface area (Å²) in [6.07, 6.45) is 2.33. The lowest BCUT2D eigenvalue weighted by atomic mass is 10.0. The molecule has 1 aromatic carbocycles. The van der Waals surface area contributed by atoms with Crippen molar-refractivity contribution < 1.29 is 4.79 Å². The van der Waals surface area contributed by atoms with Crippen molar-refractivity contribution >= 4 is 5.78 Å². The Morgan fingerprint density at radius 1 is 1.18 bits per heavy atom. The molecule has 2 nitrogen and oxygen atoms in total. The quantitative estimate of drug-likeness (QED) is 0.746. The predicted octanol–water partition coefficient (Wildman–Crippen LogP) is 3.65. The van der Waals surface area contributed by atoms with Gasteiger partial charge in [-0.05, 0) is 18.6 Å². The highest BCUT2D eigenvalue weighted by molar-refractivity contribution is 5.96. The van der Waals surface area contributed by atoms with Crippen molar-refractivity contribution in [2.45, 2.75) is 20.3 Å². The summed E-state index contributed by atoms with van der Waals surface area (Å²) < 4.78 is 0. The molecule has 1 heterocycles. The number of aryl methyl sites for hydroxylation is 1. The number of hydrogen-bond acceptors (Lipinski definition) is 2. The standard InChI is InChI=1S/C15H15NO/c1-3-15(17)13-8-6-12(7-9-13)14-5-4-10-16-11(14)2/h4-10H,3H2,1-2H3. The highest BCUT2D eigenvalue weighted by Crippen LogP contribution is 2.22. The van der Waals surface area contributed by atoms with Crippen LogP contribution in [0.3, 0.4) is 0 Å². The second kappa shape index (κ2) is 4.91. The van der Waals surface area contributed by atoms with Crippen LogP contribution in [-0.2, 0) is 0 Å². The molecule has 0 saturated heterocycles. The van der Waals surface area contributed by atoms with Crippen LogP contribution >= 0.6 is 0 Å². The van der Waals surface area contributed by atoms with E-state index in [2.05, 4.69) is 4.98 Å². The van der Waals surface area contributed by atoms with Gasteiger partial charge in [-0.2, -0.15) is 0 Å². The lowest BCUT2D eigenvalue weighted by Crippen LogP contribution is -1.96. The summed E-state index contributed by atoms with van der Waals surface area (Å²) in [6.45, 7) is 3.86. The van der Waals surface area contributed by atoms with Crippen LogP contribution in [0.2, 0.25) is 0 Å². The number of benzene rings is 1. The van der Waals surface area contributed by atoms with Gasteiger partial charge in [0.15, 0.2) is 5.78 Å². The largest absolute Gasteiger partial charge is 0.294 e. The first-order valence-electron chi connectivity index (χ1n) is 5.77. The summed E-state index contributed by atoms with van der Waals surface area (Å²) in [6, 6.07) is 11.7. The second-order valence-electron chi connectivity index (χ2n) is 3.99. The molecule has 86 valence electrons. The van der Waals surface area contributed by atoms with Crippen LogP contribution < -0.4 is 0 Å². The first-order valence-corrected chi connectivity index (χ1v) is 5.77. The van der Waals surface area contributed by atoms with E-state index in [0.29, 0.717) is 6.42 Å². The Kier molecular flexibility index (Phi) is 3.33. The zero-order valence-electron chi connectivity index (χ0n) is 10.1. The molecular weight excluding hydrogens is 210 g/mol. The third kappa shape index (κ3) is 2.41. The normalized spacial score (nSPS) is 10.2. The smallest absolute Gasteiger partial charge is 0.162 e. The minimum Gasteiger partial charge on any atom is -0.294 e. The van der Waals surface area contributed by atoms with Crippen molar-refractivity contribution in [1.29, 1.82) is 0 Å². The van der Waals surface area contributed by atoms with Crippen molar-refractivity contribution in [3.63, 3.8) is 0 Å². The minimum atomic E-state index is 0.180. The summed E-state index contributed by atoms with van der Waals surface area (Å²) in [5, 5.41) is 0. The average Bonchev–Trinajstić information content (AvgIpc) is 2.39. The van der Waals surface area contributed by atoms with Crippen molar-refractivity contribution in [3.05, 3.63) is 53.9 Å². The average molecular weight is 225 g/mol. The molecule has 0 radical (unpaired) electrons. The number of aromatic nitrogens is 1. The number of hydrogen-bond donors (Lipinski definition) is 0. The van der Waals surface area contributed by atoms with Gasteiger partial charge in [-0.25, -0.2) is 0 Å². The molecule has 0 N–H and O–H groups in total. The molecule has 0 aliphatic heterocycles. The van der Waals surface area contributed by atoms with Crippen LogP contribution in [-0.4, -0.2) is 10.8 Å². The second-order valence-corrected chi connectivity index (χ2v) is 3.99. The Bertz CT molecular complexity index is 529. The molecule has 0 bridgehead atoms. The minimum absolute atomic E-state index is 0.180. The van der Waals surface area contributed by atoms with Crippen LogP contribution in [0.5, 0.6) is 0 Å². The molecular formula is C15H15NO. The van der Waals surface area contributed by atoms with Gasteiger partial charge in [0.1, 0.15) is 0 Å². The summed E-state index contributed by atoms with van der Waals surface area (Å²) >= 11 is 0. The van der Waals surface area contributed by atoms with Crippen molar-refractivity contribution in [3.8, 4) is 11.1 Å². The SMILES string of the molecule is CCC(=O)c1ccc(-c2cccnc2C)cc1. The molecule has 0 spiro atoms. The zero-order chi connectivity index (χ0) is 12.3. The van der Waals surface area contributed by atoms with Gasteiger partial charge in [-0.15, -0.1) is 0 Å². The van der Waals surface area contributed by atoms with Crippen molar-refractivity contribution in [2.75, 3.05) is 0 Å². The van der Waals surface area contributed by atoms with Gasteiger partial charge in [-0.1, -0.05) is 37.3 Å². The van der Waals surface area contributed by atoms with Crippen molar-refractivity contribution in [2.24, 2.45) is 0 Å². The van der Waals surface area contributed by atoms with E-state index in [9.17, 15) is 4.79 Å². The maximum Gasteiger partial charge on any atom is 0.162 e. The van der Waals surface area contributed by atoms with E-state index in [1.807, 2.05) is 50.2 Å². The van der Waals surface area contributed by atoms with E-state index in [-0.39, 0.29) is 5.78 Å². The molecule has 0 amide bonds. The van der Waals surface area contributed by atoms with E-state index in [1.54, 1.807) is 6.20 Å². The zero-order valence-corrected chi connectivity index (χ0v) is 10.1. The third-order valence-electron chi connectivity index (χ3n) is 2.85. The number of ketones is 1. The maximum absolute atomic E-state index is 11.5. The Hall–Kier alpha value is -1.96. The van der Waals surface area contributed by atoms with E-state index >= 15 is 0 Å². The number of pyridine rings is 1. The lowest BCUT2D eigenvalue weighted by Gasteiger charge is -2.05. The Labute approximate surface area is 101 Å². The van der Waals surface area contributed by atoms with E-state index < -0.39 is 0 Å². The van der Waals surface area contributed by atoms with Gasteiger partial charge in [0.2, 0.25) is 0 Å². The summed E-state index contributed by atoms with van der Waals surface area (Å²) in [4.78, 5) is 15.8. The Balaban J connectivity index is 2.36. The molecule has 0 aliphatic carbocycles. The Morgan fingerprint density at radius 2 is 1.88 bits per heavy atom. The van der Waals surface area contributed by atoms with Gasteiger partial charge in [-0.3, -0.25) is 9.78 Å². The topological polar surface area (TPSA) is 30.0 Å². The van der Waals surface area contributed by atoms with E-state index in [4.69, 9.17) is 0 Å². The number of rotatable bonds is 3. The molecule has 0 atom stereocenters. The summed E-state index contributed by atoms with van der Waals surface area (Å²) in [5.41, 5.74) is 3.99. The number of Topliss-reactive ketones (excluding diaryl/α,β-unsaturated/α-hetero) is 1. The first-order chi connectivity index (χ1) is 8.22. The molecule has 2 rings (SSSR count). The number of carbonyl (C=O) groups excluding carboxylic acids is 1. The van der Waals surface area contributed by atoms with Crippen LogP contribution in [0.15, 0.2) is 42.6 Å². The fourth-order valence-corrected chi connectivity index (χ4v) is 1.83. The number of nitrogens with zero attached hydrogens (tertiary/aromatic N) is 1. The third-order valence-corrected chi connectivity index (χ3v) is 2.85. The fourth-order valence-electron chi connectivity index (χ4n) is 1.83. The molecule has 0 aliphatic rings. The molecule has 0 saturated carbocycles. The Morgan fingerprint density at radius 3 is 2.47 bits per heavy atom. The van der Waals surface area contributed by atoms with Gasteiger partial charge in [0, 0.05) is 29.4 Å². The van der Waals surface area contributed by atoms with Crippen LogP contribution in [0.4, 0.5) is 0 Å². The summed E-state index contributed by atoms with van der Waals surface area (Å²) in [5.74, 6) is 0.180. The number of carbonyl (C=O) groups is 1. The van der Waals surface area contributed by atoms with Crippen LogP contribution in [0, 0.1) is 6.92 Å². The molecule has 0 fully saturated rings. The fraction of sp³-hybridized carbons (Fsp3) is 0.200. The van der Waals surface area contributed by atoms with Gasteiger partial charge >= 0.3 is 0 Å². The van der Waals surface area contributed by atoms with Gasteiger partial charge in [0.25, 0.3) is 0 Å². The summed E-state index contributed by atoms with van der Waals surface area (Å²) in [7, 11) is 0. The lowest BCUT2D eigenvalue weighted by molar-refractivity contribution is 0.0988. The predicted molar refractivity (Wildman–Crippen MR) is 69.0 cm³/mol. The van der Waals surface area contributed by atoms with Gasteiger partial charge in [0.05, 0.1) is 0 Å². The highest BCUT2D eigenvalue weighted by Gasteiger charge is 2.05. The molecule has 2 aromatic rings. The molecule has 1 aromatic heterocycles. The van der Waals surface area contributed by atoms with Gasteiger partial charge < -0.3 is 0 Å².